The van der Waals surface area contributed by atoms with Crippen LogP contribution in [0.25, 0.3) is 0 Å². The van der Waals surface area contributed by atoms with E-state index >= 15 is 0 Å². The van der Waals surface area contributed by atoms with E-state index in [9.17, 15) is 9.59 Å². The van der Waals surface area contributed by atoms with Crippen LogP contribution in [-0.4, -0.2) is 29.8 Å². The van der Waals surface area contributed by atoms with Gasteiger partial charge in [-0.25, -0.2) is 0 Å². The van der Waals surface area contributed by atoms with Gasteiger partial charge in [-0.05, 0) is 30.5 Å². The van der Waals surface area contributed by atoms with Crippen LogP contribution < -0.4 is 10.1 Å². The minimum atomic E-state index is -0.142. The van der Waals surface area contributed by atoms with Gasteiger partial charge in [-0.15, -0.1) is 23.1 Å². The average molecular weight is 335 g/mol. The Kier molecular flexibility index (Phi) is 6.48. The second kappa shape index (κ2) is 8.60. The molecule has 6 heteroatoms. The molecule has 1 amide bonds. The van der Waals surface area contributed by atoms with Gasteiger partial charge in [0.2, 0.25) is 5.91 Å². The van der Waals surface area contributed by atoms with Crippen molar-refractivity contribution in [3.05, 3.63) is 46.7 Å². The number of para-hydroxylation sites is 2. The number of amides is 1. The largest absolute Gasteiger partial charge is 0.492 e. The number of carbonyl (C=O) groups is 2. The lowest BCUT2D eigenvalue weighted by Crippen LogP contribution is -2.16. The number of rotatable bonds is 8. The van der Waals surface area contributed by atoms with Gasteiger partial charge < -0.3 is 10.1 Å². The number of ketones is 1. The fourth-order valence-electron chi connectivity index (χ4n) is 1.78. The maximum absolute atomic E-state index is 11.9. The van der Waals surface area contributed by atoms with Gasteiger partial charge >= 0.3 is 0 Å². The summed E-state index contributed by atoms with van der Waals surface area (Å²) in [4.78, 5) is 24.5. The summed E-state index contributed by atoms with van der Waals surface area (Å²) in [6.45, 7) is 2.43. The van der Waals surface area contributed by atoms with Crippen LogP contribution in [0.1, 0.15) is 16.6 Å². The van der Waals surface area contributed by atoms with Gasteiger partial charge in [0.05, 0.1) is 28.7 Å². The van der Waals surface area contributed by atoms with Crippen molar-refractivity contribution in [3.63, 3.8) is 0 Å². The zero-order valence-corrected chi connectivity index (χ0v) is 13.8. The van der Waals surface area contributed by atoms with Crippen molar-refractivity contribution in [3.8, 4) is 5.75 Å². The van der Waals surface area contributed by atoms with E-state index in [0.29, 0.717) is 23.8 Å². The number of hydrogen-bond acceptors (Lipinski definition) is 5. The van der Waals surface area contributed by atoms with Gasteiger partial charge in [-0.3, -0.25) is 9.59 Å². The number of benzene rings is 1. The van der Waals surface area contributed by atoms with Crippen molar-refractivity contribution in [1.82, 2.24) is 0 Å². The van der Waals surface area contributed by atoms with Gasteiger partial charge in [0.25, 0.3) is 0 Å². The number of Topliss-reactive ketones (excluding diaryl/α,β-unsaturated/α-hetero) is 1. The number of anilines is 1. The van der Waals surface area contributed by atoms with Crippen LogP contribution in [0.4, 0.5) is 5.69 Å². The van der Waals surface area contributed by atoms with Crippen LogP contribution in [0.3, 0.4) is 0 Å². The molecule has 0 aliphatic carbocycles. The Morgan fingerprint density at radius 3 is 2.73 bits per heavy atom. The van der Waals surface area contributed by atoms with Crippen molar-refractivity contribution in [1.29, 1.82) is 0 Å². The molecule has 0 saturated carbocycles. The minimum absolute atomic E-state index is 0.0579. The Morgan fingerprint density at radius 1 is 1.18 bits per heavy atom. The highest BCUT2D eigenvalue weighted by molar-refractivity contribution is 8.00. The molecular weight excluding hydrogens is 318 g/mol. The number of ether oxygens (including phenoxy) is 1. The second-order valence-electron chi connectivity index (χ2n) is 4.37. The summed E-state index contributed by atoms with van der Waals surface area (Å²) in [7, 11) is 0. The Hall–Kier alpha value is -1.79. The Bertz CT molecular complexity index is 626. The molecule has 0 atom stereocenters. The molecule has 2 aromatic rings. The van der Waals surface area contributed by atoms with Gasteiger partial charge in [-0.1, -0.05) is 18.2 Å². The molecule has 1 N–H and O–H groups in total. The lowest BCUT2D eigenvalue weighted by molar-refractivity contribution is -0.113. The Morgan fingerprint density at radius 2 is 2.00 bits per heavy atom. The van der Waals surface area contributed by atoms with Crippen LogP contribution in [0.2, 0.25) is 0 Å². The summed E-state index contributed by atoms with van der Waals surface area (Å²) < 4.78 is 5.46. The molecule has 0 aliphatic heterocycles. The lowest BCUT2D eigenvalue weighted by Gasteiger charge is -2.10. The molecule has 0 saturated heterocycles. The Balaban J connectivity index is 1.80. The predicted octanol–water partition coefficient (Wildman–Crippen LogP) is 3.70. The fourth-order valence-corrected chi connectivity index (χ4v) is 3.24. The standard InChI is InChI=1S/C16H17NO3S2/c1-2-20-14-7-4-3-6-12(14)17-16(19)11-21-10-13(18)15-8-5-9-22-15/h3-9H,2,10-11H2,1H3,(H,17,19). The zero-order chi connectivity index (χ0) is 15.8. The van der Waals surface area contributed by atoms with E-state index in [4.69, 9.17) is 4.74 Å². The highest BCUT2D eigenvalue weighted by Crippen LogP contribution is 2.23. The molecule has 0 fully saturated rings. The van der Waals surface area contributed by atoms with Crippen molar-refractivity contribution in [2.24, 2.45) is 0 Å². The fraction of sp³-hybridized carbons (Fsp3) is 0.250. The smallest absolute Gasteiger partial charge is 0.234 e. The molecule has 4 nitrogen and oxygen atoms in total. The molecule has 116 valence electrons. The zero-order valence-electron chi connectivity index (χ0n) is 12.2. The molecular formula is C16H17NO3S2. The monoisotopic (exact) mass is 335 g/mol. The van der Waals surface area contributed by atoms with Crippen LogP contribution in [-0.2, 0) is 4.79 Å². The lowest BCUT2D eigenvalue weighted by atomic mass is 10.3. The van der Waals surface area contributed by atoms with E-state index in [1.165, 1.54) is 23.1 Å². The molecule has 0 bridgehead atoms. The van der Waals surface area contributed by atoms with Crippen LogP contribution in [0.5, 0.6) is 5.75 Å². The molecule has 0 aliphatic rings. The topological polar surface area (TPSA) is 55.4 Å². The summed E-state index contributed by atoms with van der Waals surface area (Å²) in [5, 5.41) is 4.68. The maximum atomic E-state index is 11.9. The normalized spacial score (nSPS) is 10.2. The third kappa shape index (κ3) is 4.89. The van der Waals surface area contributed by atoms with Gasteiger partial charge in [0.1, 0.15) is 5.75 Å². The quantitative estimate of drug-likeness (QED) is 0.747. The molecule has 0 spiro atoms. The Labute approximate surface area is 137 Å². The van der Waals surface area contributed by atoms with Crippen molar-refractivity contribution in [2.45, 2.75) is 6.92 Å². The average Bonchev–Trinajstić information content (AvgIpc) is 3.04. The van der Waals surface area contributed by atoms with E-state index in [2.05, 4.69) is 5.32 Å². The first kappa shape index (κ1) is 16.6. The summed E-state index contributed by atoms with van der Waals surface area (Å²) in [5.74, 6) is 1.11. The van der Waals surface area contributed by atoms with Crippen LogP contribution in [0, 0.1) is 0 Å². The van der Waals surface area contributed by atoms with Gasteiger partial charge in [-0.2, -0.15) is 0 Å². The molecule has 2 rings (SSSR count). The number of hydrogen-bond donors (Lipinski definition) is 1. The van der Waals surface area contributed by atoms with Crippen LogP contribution in [0.15, 0.2) is 41.8 Å². The van der Waals surface area contributed by atoms with Gasteiger partial charge in [0.15, 0.2) is 5.78 Å². The third-order valence-corrected chi connectivity index (χ3v) is 4.57. The highest BCUT2D eigenvalue weighted by Gasteiger charge is 2.10. The number of thioether (sulfide) groups is 1. The predicted molar refractivity (Wildman–Crippen MR) is 92.2 cm³/mol. The highest BCUT2D eigenvalue weighted by atomic mass is 32.2. The van der Waals surface area contributed by atoms with E-state index in [0.717, 1.165) is 4.88 Å². The molecule has 1 heterocycles. The van der Waals surface area contributed by atoms with E-state index in [1.54, 1.807) is 12.1 Å². The number of nitrogens with one attached hydrogen (secondary N) is 1. The molecule has 1 aromatic carbocycles. The van der Waals surface area contributed by atoms with E-state index in [-0.39, 0.29) is 17.4 Å². The first-order chi connectivity index (χ1) is 10.7. The first-order valence-electron chi connectivity index (χ1n) is 6.87. The second-order valence-corrected chi connectivity index (χ2v) is 6.30. The SMILES string of the molecule is CCOc1ccccc1NC(=O)CSCC(=O)c1cccs1. The first-order valence-corrected chi connectivity index (χ1v) is 8.90. The summed E-state index contributed by atoms with van der Waals surface area (Å²) in [6.07, 6.45) is 0. The third-order valence-electron chi connectivity index (χ3n) is 2.72. The van der Waals surface area contributed by atoms with Gasteiger partial charge in [0, 0.05) is 0 Å². The molecule has 0 unspecified atom stereocenters. The number of carbonyl (C=O) groups excluding carboxylic acids is 2. The molecule has 22 heavy (non-hydrogen) atoms. The summed E-state index contributed by atoms with van der Waals surface area (Å²) in [5.41, 5.74) is 0.652. The minimum Gasteiger partial charge on any atom is -0.492 e. The van der Waals surface area contributed by atoms with Crippen molar-refractivity contribution < 1.29 is 14.3 Å². The van der Waals surface area contributed by atoms with Crippen molar-refractivity contribution in [2.75, 3.05) is 23.4 Å². The number of thiophene rings is 1. The molecule has 0 radical (unpaired) electrons. The molecule has 1 aromatic heterocycles. The maximum Gasteiger partial charge on any atom is 0.234 e. The summed E-state index contributed by atoms with van der Waals surface area (Å²) >= 11 is 2.73. The van der Waals surface area contributed by atoms with Crippen molar-refractivity contribution >= 4 is 40.5 Å². The summed E-state index contributed by atoms with van der Waals surface area (Å²) in [6, 6.07) is 10.9. The van der Waals surface area contributed by atoms with E-state index < -0.39 is 0 Å². The van der Waals surface area contributed by atoms with E-state index in [1.807, 2.05) is 36.6 Å². The van der Waals surface area contributed by atoms with Crippen LogP contribution >= 0.6 is 23.1 Å².